The third kappa shape index (κ3) is 3.58. The van der Waals surface area contributed by atoms with Gasteiger partial charge in [0.05, 0.1) is 11.5 Å². The average molecular weight is 539 g/mol. The molecule has 0 saturated heterocycles. The third-order valence-corrected chi connectivity index (χ3v) is 4.14. The average Bonchev–Trinajstić information content (AvgIpc) is 3.17. The Hall–Kier alpha value is -2.72. The van der Waals surface area contributed by atoms with Crippen molar-refractivity contribution < 1.29 is 26.2 Å². The Morgan fingerprint density at radius 3 is 2.41 bits per heavy atom. The SMILES string of the molecule is Cc1cc(C)n(-c2[c-]c(-c3nc(C)n(-c4ccccc4O)n3)ccc2)n1.[Pt]. The molecule has 27 heavy (non-hydrogen) atoms. The summed E-state index contributed by atoms with van der Waals surface area (Å²) < 4.78 is 3.49. The standard InChI is InChI=1S/C20H18N5O.Pt/c1-13-11-14(2)24(22-13)17-8-6-7-16(12-17)20-21-15(3)25(23-20)18-9-4-5-10-19(18)26;/h4-11,26H,1-3H3;/q-1;. The van der Waals surface area contributed by atoms with Gasteiger partial charge in [-0.25, -0.2) is 4.68 Å². The summed E-state index contributed by atoms with van der Waals surface area (Å²) in [5, 5.41) is 19.1. The number of aromatic hydroxyl groups is 1. The van der Waals surface area contributed by atoms with Crippen LogP contribution in [0.4, 0.5) is 0 Å². The summed E-state index contributed by atoms with van der Waals surface area (Å²) in [4.78, 5) is 4.54. The molecule has 0 aliphatic rings. The van der Waals surface area contributed by atoms with Crippen molar-refractivity contribution >= 4 is 0 Å². The Labute approximate surface area is 171 Å². The number of benzene rings is 2. The smallest absolute Gasteiger partial charge is 0.141 e. The van der Waals surface area contributed by atoms with Gasteiger partial charge in [-0.1, -0.05) is 12.1 Å². The first-order valence-corrected chi connectivity index (χ1v) is 8.31. The van der Waals surface area contributed by atoms with E-state index in [2.05, 4.69) is 21.2 Å². The second kappa shape index (κ2) is 7.49. The molecule has 0 aliphatic carbocycles. The van der Waals surface area contributed by atoms with Crippen LogP contribution in [0.1, 0.15) is 17.2 Å². The van der Waals surface area contributed by atoms with E-state index in [4.69, 9.17) is 0 Å². The summed E-state index contributed by atoms with van der Waals surface area (Å²) in [5.74, 6) is 1.40. The molecule has 2 heterocycles. The normalized spacial score (nSPS) is 10.6. The van der Waals surface area contributed by atoms with E-state index in [1.165, 1.54) is 0 Å². The number of hydrogen-bond donors (Lipinski definition) is 1. The maximum Gasteiger partial charge on any atom is 0.141 e. The van der Waals surface area contributed by atoms with E-state index in [-0.39, 0.29) is 26.8 Å². The van der Waals surface area contributed by atoms with Gasteiger partial charge in [-0.2, -0.15) is 10.2 Å². The molecule has 0 aliphatic heterocycles. The monoisotopic (exact) mass is 539 g/mol. The molecule has 0 spiro atoms. The van der Waals surface area contributed by atoms with Gasteiger partial charge in [0.25, 0.3) is 0 Å². The van der Waals surface area contributed by atoms with Crippen LogP contribution in [0.25, 0.3) is 22.8 Å². The van der Waals surface area contributed by atoms with Crippen molar-refractivity contribution in [3.05, 3.63) is 71.8 Å². The fourth-order valence-electron chi connectivity index (χ4n) is 2.96. The van der Waals surface area contributed by atoms with Crippen LogP contribution in [0.15, 0.2) is 48.5 Å². The minimum Gasteiger partial charge on any atom is -0.506 e. The number of nitrogens with zero attached hydrogens (tertiary/aromatic N) is 5. The van der Waals surface area contributed by atoms with Crippen molar-refractivity contribution in [1.29, 1.82) is 0 Å². The molecule has 0 saturated carbocycles. The van der Waals surface area contributed by atoms with E-state index in [9.17, 15) is 5.11 Å². The minimum absolute atomic E-state index is 0. The van der Waals surface area contributed by atoms with Crippen molar-refractivity contribution in [2.45, 2.75) is 20.8 Å². The van der Waals surface area contributed by atoms with Gasteiger partial charge in [-0.3, -0.25) is 9.67 Å². The first kappa shape index (κ1) is 19.1. The number of para-hydroxylation sites is 2. The largest absolute Gasteiger partial charge is 0.506 e. The van der Waals surface area contributed by atoms with Gasteiger partial charge in [0, 0.05) is 26.8 Å². The Bertz CT molecular complexity index is 1100. The quantitative estimate of drug-likeness (QED) is 0.405. The zero-order valence-corrected chi connectivity index (χ0v) is 17.4. The summed E-state index contributed by atoms with van der Waals surface area (Å²) in [6.45, 7) is 5.83. The fourth-order valence-corrected chi connectivity index (χ4v) is 2.96. The van der Waals surface area contributed by atoms with Gasteiger partial charge in [0.2, 0.25) is 0 Å². The van der Waals surface area contributed by atoms with E-state index < -0.39 is 0 Å². The Kier molecular flexibility index (Phi) is 5.28. The minimum atomic E-state index is 0. The van der Waals surface area contributed by atoms with Crippen molar-refractivity contribution in [3.8, 4) is 28.5 Å². The molecule has 1 N–H and O–H groups in total. The predicted octanol–water partition coefficient (Wildman–Crippen LogP) is 3.55. The van der Waals surface area contributed by atoms with Crippen molar-refractivity contribution in [2.75, 3.05) is 0 Å². The van der Waals surface area contributed by atoms with Crippen LogP contribution >= 0.6 is 0 Å². The molecule has 6 nitrogen and oxygen atoms in total. The molecule has 4 aromatic rings. The number of aryl methyl sites for hydroxylation is 3. The van der Waals surface area contributed by atoms with Crippen molar-refractivity contribution in [2.24, 2.45) is 0 Å². The van der Waals surface area contributed by atoms with Crippen LogP contribution in [0.5, 0.6) is 5.75 Å². The molecule has 2 aromatic carbocycles. The molecular weight excluding hydrogens is 521 g/mol. The fraction of sp³-hybridized carbons (Fsp3) is 0.150. The molecule has 4 rings (SSSR count). The van der Waals surface area contributed by atoms with Gasteiger partial charge in [0.15, 0.2) is 0 Å². The first-order valence-electron chi connectivity index (χ1n) is 8.31. The molecule has 140 valence electrons. The van der Waals surface area contributed by atoms with Gasteiger partial charge < -0.3 is 5.11 Å². The number of phenolic OH excluding ortho intramolecular Hbond substituents is 1. The molecule has 7 heteroatoms. The second-order valence-corrected chi connectivity index (χ2v) is 6.17. The molecule has 0 fully saturated rings. The Morgan fingerprint density at radius 2 is 1.70 bits per heavy atom. The topological polar surface area (TPSA) is 68.8 Å². The van der Waals surface area contributed by atoms with Crippen LogP contribution in [0.3, 0.4) is 0 Å². The molecule has 0 bridgehead atoms. The molecule has 0 unspecified atom stereocenters. The van der Waals surface area contributed by atoms with E-state index >= 15 is 0 Å². The number of aromatic nitrogens is 5. The number of rotatable bonds is 3. The maximum absolute atomic E-state index is 10.1. The molecule has 0 amide bonds. The van der Waals surface area contributed by atoms with E-state index in [1.807, 2.05) is 55.8 Å². The van der Waals surface area contributed by atoms with Gasteiger partial charge in [-0.15, -0.1) is 29.8 Å². The van der Waals surface area contributed by atoms with Gasteiger partial charge in [0.1, 0.15) is 17.3 Å². The van der Waals surface area contributed by atoms with Crippen LogP contribution in [0, 0.1) is 26.8 Å². The zero-order chi connectivity index (χ0) is 18.3. The number of phenols is 1. The summed E-state index contributed by atoms with van der Waals surface area (Å²) in [6.07, 6.45) is 0. The van der Waals surface area contributed by atoms with Crippen molar-refractivity contribution in [1.82, 2.24) is 24.5 Å². The Morgan fingerprint density at radius 1 is 0.926 bits per heavy atom. The van der Waals surface area contributed by atoms with E-state index in [0.717, 1.165) is 22.6 Å². The van der Waals surface area contributed by atoms with Crippen LogP contribution in [-0.4, -0.2) is 29.7 Å². The van der Waals surface area contributed by atoms with Gasteiger partial charge in [-0.05, 0) is 44.7 Å². The van der Waals surface area contributed by atoms with Crippen LogP contribution in [0.2, 0.25) is 0 Å². The van der Waals surface area contributed by atoms with Crippen molar-refractivity contribution in [3.63, 3.8) is 0 Å². The number of hydrogen-bond acceptors (Lipinski definition) is 4. The maximum atomic E-state index is 10.1. The summed E-state index contributed by atoms with van der Waals surface area (Å²) in [7, 11) is 0. The van der Waals surface area contributed by atoms with E-state index in [0.29, 0.717) is 17.3 Å². The third-order valence-electron chi connectivity index (χ3n) is 4.14. The zero-order valence-electron chi connectivity index (χ0n) is 15.1. The second-order valence-electron chi connectivity index (χ2n) is 6.17. The van der Waals surface area contributed by atoms with E-state index in [1.54, 1.807) is 22.9 Å². The molecule has 2 aromatic heterocycles. The molecular formula is C20H18N5OPt-. The van der Waals surface area contributed by atoms with Crippen LogP contribution < -0.4 is 0 Å². The first-order chi connectivity index (χ1) is 12.5. The van der Waals surface area contributed by atoms with Crippen LogP contribution in [-0.2, 0) is 21.1 Å². The van der Waals surface area contributed by atoms with Gasteiger partial charge >= 0.3 is 0 Å². The Balaban J connectivity index is 0.00000210. The summed E-state index contributed by atoms with van der Waals surface area (Å²) >= 11 is 0. The summed E-state index contributed by atoms with van der Waals surface area (Å²) in [5.41, 5.74) is 4.20. The summed E-state index contributed by atoms with van der Waals surface area (Å²) in [6, 6.07) is 18.2. The molecule has 0 atom stereocenters. The predicted molar refractivity (Wildman–Crippen MR) is 98.6 cm³/mol. The molecule has 0 radical (unpaired) electrons.